The highest BCUT2D eigenvalue weighted by atomic mass is 16.5. The standard InChI is InChI=1S/C14H14N2O2/c1-15-9-14-10-8-16-7-6-11(10)17-12-4-2-3-5-13(12)18-14/h2-8,14-15H,9H2,1H3. The number of para-hydroxylation sites is 2. The molecule has 0 spiro atoms. The first kappa shape index (κ1) is 11.0. The molecule has 0 amide bonds. The average Bonchev–Trinajstić information content (AvgIpc) is 2.56. The van der Waals surface area contributed by atoms with Crippen LogP contribution in [0.15, 0.2) is 42.7 Å². The van der Waals surface area contributed by atoms with Gasteiger partial charge in [-0.2, -0.15) is 0 Å². The smallest absolute Gasteiger partial charge is 0.169 e. The lowest BCUT2D eigenvalue weighted by Gasteiger charge is -2.16. The predicted octanol–water partition coefficient (Wildman–Crippen LogP) is 2.53. The zero-order valence-corrected chi connectivity index (χ0v) is 10.1. The summed E-state index contributed by atoms with van der Waals surface area (Å²) in [6.45, 7) is 0.705. The van der Waals surface area contributed by atoms with E-state index in [0.29, 0.717) is 6.54 Å². The molecule has 0 saturated carbocycles. The van der Waals surface area contributed by atoms with E-state index in [2.05, 4.69) is 10.3 Å². The summed E-state index contributed by atoms with van der Waals surface area (Å²) in [7, 11) is 1.90. The molecule has 0 bridgehead atoms. The molecule has 0 radical (unpaired) electrons. The van der Waals surface area contributed by atoms with Crippen molar-refractivity contribution >= 4 is 0 Å². The molecule has 2 aromatic rings. The highest BCUT2D eigenvalue weighted by Crippen LogP contribution is 2.40. The number of hydrogen-bond donors (Lipinski definition) is 1. The van der Waals surface area contributed by atoms with E-state index in [1.807, 2.05) is 37.4 Å². The van der Waals surface area contributed by atoms with Crippen LogP contribution in [0.1, 0.15) is 11.7 Å². The molecule has 0 saturated heterocycles. The lowest BCUT2D eigenvalue weighted by molar-refractivity contribution is 0.207. The van der Waals surface area contributed by atoms with Crippen LogP contribution >= 0.6 is 0 Å². The van der Waals surface area contributed by atoms with Crippen LogP contribution < -0.4 is 14.8 Å². The van der Waals surface area contributed by atoms with Crippen molar-refractivity contribution in [2.45, 2.75) is 6.10 Å². The van der Waals surface area contributed by atoms with Gasteiger partial charge in [0.25, 0.3) is 0 Å². The Morgan fingerprint density at radius 3 is 2.83 bits per heavy atom. The second kappa shape index (κ2) is 4.66. The SMILES string of the molecule is CNCC1Oc2ccccc2Oc2ccncc21. The summed E-state index contributed by atoms with van der Waals surface area (Å²) in [6.07, 6.45) is 3.43. The second-order valence-corrected chi connectivity index (χ2v) is 4.13. The Morgan fingerprint density at radius 1 is 1.17 bits per heavy atom. The monoisotopic (exact) mass is 242 g/mol. The summed E-state index contributed by atoms with van der Waals surface area (Å²) >= 11 is 0. The molecule has 3 rings (SSSR count). The molecule has 4 nitrogen and oxygen atoms in total. The van der Waals surface area contributed by atoms with E-state index in [0.717, 1.165) is 22.8 Å². The number of rotatable bonds is 2. The minimum atomic E-state index is -0.0950. The van der Waals surface area contributed by atoms with Crippen LogP contribution in [0.2, 0.25) is 0 Å². The van der Waals surface area contributed by atoms with Gasteiger partial charge in [-0.25, -0.2) is 0 Å². The number of pyridine rings is 1. The average molecular weight is 242 g/mol. The summed E-state index contributed by atoms with van der Waals surface area (Å²) < 4.78 is 11.9. The van der Waals surface area contributed by atoms with Gasteiger partial charge in [0.05, 0.1) is 5.56 Å². The molecular formula is C14H14N2O2. The van der Waals surface area contributed by atoms with Crippen LogP contribution in [0.5, 0.6) is 17.2 Å². The van der Waals surface area contributed by atoms with E-state index in [-0.39, 0.29) is 6.10 Å². The Kier molecular flexibility index (Phi) is 2.86. The molecule has 1 aliphatic rings. The van der Waals surface area contributed by atoms with E-state index in [4.69, 9.17) is 9.47 Å². The molecule has 0 aliphatic carbocycles. The van der Waals surface area contributed by atoms with E-state index in [1.165, 1.54) is 0 Å². The van der Waals surface area contributed by atoms with Crippen molar-refractivity contribution in [2.24, 2.45) is 0 Å². The molecule has 1 unspecified atom stereocenters. The Morgan fingerprint density at radius 2 is 2.00 bits per heavy atom. The van der Waals surface area contributed by atoms with Gasteiger partial charge in [-0.15, -0.1) is 0 Å². The molecule has 1 aromatic heterocycles. The second-order valence-electron chi connectivity index (χ2n) is 4.13. The lowest BCUT2D eigenvalue weighted by atomic mass is 10.1. The molecule has 4 heteroatoms. The summed E-state index contributed by atoms with van der Waals surface area (Å²) in [5.41, 5.74) is 0.961. The van der Waals surface area contributed by atoms with Gasteiger partial charge >= 0.3 is 0 Å². The van der Waals surface area contributed by atoms with E-state index < -0.39 is 0 Å². The summed E-state index contributed by atoms with van der Waals surface area (Å²) in [5, 5.41) is 3.13. The molecule has 1 N–H and O–H groups in total. The minimum absolute atomic E-state index is 0.0950. The van der Waals surface area contributed by atoms with Crippen molar-refractivity contribution in [3.63, 3.8) is 0 Å². The van der Waals surface area contributed by atoms with E-state index >= 15 is 0 Å². The maximum Gasteiger partial charge on any atom is 0.169 e. The molecule has 1 atom stereocenters. The van der Waals surface area contributed by atoms with Gasteiger partial charge in [-0.3, -0.25) is 4.98 Å². The summed E-state index contributed by atoms with van der Waals surface area (Å²) in [6, 6.07) is 9.55. The van der Waals surface area contributed by atoms with Crippen molar-refractivity contribution in [2.75, 3.05) is 13.6 Å². The summed E-state index contributed by atoms with van der Waals surface area (Å²) in [5.74, 6) is 2.30. The third-order valence-corrected chi connectivity index (χ3v) is 2.88. The normalized spacial score (nSPS) is 16.8. The number of ether oxygens (including phenoxy) is 2. The van der Waals surface area contributed by atoms with Gasteiger partial charge in [0.2, 0.25) is 0 Å². The Balaban J connectivity index is 2.08. The van der Waals surface area contributed by atoms with Crippen LogP contribution in [0.25, 0.3) is 0 Å². The zero-order valence-electron chi connectivity index (χ0n) is 10.1. The molecule has 1 aromatic carbocycles. The fourth-order valence-corrected chi connectivity index (χ4v) is 2.03. The van der Waals surface area contributed by atoms with Crippen molar-refractivity contribution < 1.29 is 9.47 Å². The van der Waals surface area contributed by atoms with Crippen molar-refractivity contribution in [3.8, 4) is 17.2 Å². The number of fused-ring (bicyclic) bond motifs is 2. The number of aromatic nitrogens is 1. The molecule has 18 heavy (non-hydrogen) atoms. The molecular weight excluding hydrogens is 228 g/mol. The van der Waals surface area contributed by atoms with Crippen LogP contribution in [-0.2, 0) is 0 Å². The van der Waals surface area contributed by atoms with Gasteiger partial charge < -0.3 is 14.8 Å². The quantitative estimate of drug-likeness (QED) is 0.878. The summed E-state index contributed by atoms with van der Waals surface area (Å²) in [4.78, 5) is 4.15. The van der Waals surface area contributed by atoms with E-state index in [1.54, 1.807) is 12.4 Å². The van der Waals surface area contributed by atoms with Gasteiger partial charge in [0, 0.05) is 18.9 Å². The zero-order chi connectivity index (χ0) is 12.4. The first-order valence-corrected chi connectivity index (χ1v) is 5.90. The maximum absolute atomic E-state index is 6.00. The first-order valence-electron chi connectivity index (χ1n) is 5.90. The molecule has 0 fully saturated rings. The molecule has 2 heterocycles. The number of likely N-dealkylation sites (N-methyl/N-ethyl adjacent to an activating group) is 1. The lowest BCUT2D eigenvalue weighted by Crippen LogP contribution is -2.21. The highest BCUT2D eigenvalue weighted by Gasteiger charge is 2.23. The predicted molar refractivity (Wildman–Crippen MR) is 68.0 cm³/mol. The van der Waals surface area contributed by atoms with Crippen LogP contribution in [0.4, 0.5) is 0 Å². The highest BCUT2D eigenvalue weighted by molar-refractivity contribution is 5.47. The molecule has 1 aliphatic heterocycles. The number of benzene rings is 1. The van der Waals surface area contributed by atoms with Gasteiger partial charge in [-0.05, 0) is 25.2 Å². The Labute approximate surface area is 106 Å². The maximum atomic E-state index is 6.00. The Hall–Kier alpha value is -2.07. The fourth-order valence-electron chi connectivity index (χ4n) is 2.03. The topological polar surface area (TPSA) is 43.4 Å². The number of hydrogen-bond acceptors (Lipinski definition) is 4. The first-order chi connectivity index (χ1) is 8.88. The van der Waals surface area contributed by atoms with Crippen molar-refractivity contribution in [3.05, 3.63) is 48.3 Å². The fraction of sp³-hybridized carbons (Fsp3) is 0.214. The van der Waals surface area contributed by atoms with Crippen LogP contribution in [-0.4, -0.2) is 18.6 Å². The third-order valence-electron chi connectivity index (χ3n) is 2.88. The number of nitrogens with zero attached hydrogens (tertiary/aromatic N) is 1. The van der Waals surface area contributed by atoms with Gasteiger partial charge in [0.15, 0.2) is 11.5 Å². The van der Waals surface area contributed by atoms with Crippen molar-refractivity contribution in [1.29, 1.82) is 0 Å². The number of nitrogens with one attached hydrogen (secondary N) is 1. The largest absolute Gasteiger partial charge is 0.480 e. The van der Waals surface area contributed by atoms with Crippen LogP contribution in [0, 0.1) is 0 Å². The minimum Gasteiger partial charge on any atom is -0.480 e. The molecule has 92 valence electrons. The van der Waals surface area contributed by atoms with Gasteiger partial charge in [0.1, 0.15) is 11.9 Å². The van der Waals surface area contributed by atoms with Crippen LogP contribution in [0.3, 0.4) is 0 Å². The third kappa shape index (κ3) is 1.91. The van der Waals surface area contributed by atoms with E-state index in [9.17, 15) is 0 Å². The van der Waals surface area contributed by atoms with Crippen molar-refractivity contribution in [1.82, 2.24) is 10.3 Å². The Bertz CT molecular complexity index is 557. The van der Waals surface area contributed by atoms with Gasteiger partial charge in [-0.1, -0.05) is 12.1 Å².